The fourth-order valence-corrected chi connectivity index (χ4v) is 4.10. The smallest absolute Gasteiger partial charge is 0.0110 e. The van der Waals surface area contributed by atoms with Crippen LogP contribution < -0.4 is 5.32 Å². The maximum Gasteiger partial charge on any atom is 0.0110 e. The molecule has 0 saturated heterocycles. The maximum absolute atomic E-state index is 3.57. The van der Waals surface area contributed by atoms with Gasteiger partial charge in [-0.3, -0.25) is 0 Å². The van der Waals surface area contributed by atoms with Crippen molar-refractivity contribution in [2.45, 2.75) is 52.0 Å². The van der Waals surface area contributed by atoms with E-state index in [1.165, 1.54) is 45.2 Å². The predicted octanol–water partition coefficient (Wildman–Crippen LogP) is 2.99. The predicted molar refractivity (Wildman–Crippen MR) is 78.7 cm³/mol. The second kappa shape index (κ2) is 6.38. The minimum absolute atomic E-state index is 0.729. The zero-order valence-electron chi connectivity index (χ0n) is 12.8. The number of hydrogen-bond donors (Lipinski definition) is 1. The van der Waals surface area contributed by atoms with Crippen LogP contribution in [0.1, 0.15) is 46.0 Å². The molecule has 0 aromatic rings. The molecule has 0 aliphatic heterocycles. The van der Waals surface area contributed by atoms with Crippen LogP contribution in [0.3, 0.4) is 0 Å². The Morgan fingerprint density at radius 3 is 2.39 bits per heavy atom. The number of hydrogen-bond acceptors (Lipinski definition) is 2. The highest BCUT2D eigenvalue weighted by Gasteiger charge is 2.34. The van der Waals surface area contributed by atoms with E-state index in [9.17, 15) is 0 Å². The lowest BCUT2D eigenvalue weighted by atomic mass is 9.72. The minimum Gasteiger partial charge on any atom is -0.317 e. The summed E-state index contributed by atoms with van der Waals surface area (Å²) >= 11 is 0. The van der Waals surface area contributed by atoms with Crippen LogP contribution in [0.25, 0.3) is 0 Å². The monoisotopic (exact) mass is 252 g/mol. The SMILES string of the molecule is CNC1CC(C)CC(C)C1CN(C)CC1CCC1. The Morgan fingerprint density at radius 2 is 1.83 bits per heavy atom. The van der Waals surface area contributed by atoms with Gasteiger partial charge < -0.3 is 10.2 Å². The first kappa shape index (κ1) is 14.3. The van der Waals surface area contributed by atoms with Gasteiger partial charge in [-0.05, 0) is 63.5 Å². The molecule has 2 nitrogen and oxygen atoms in total. The fourth-order valence-electron chi connectivity index (χ4n) is 4.10. The molecule has 2 fully saturated rings. The Kier molecular flexibility index (Phi) is 5.08. The van der Waals surface area contributed by atoms with Crippen molar-refractivity contribution in [1.82, 2.24) is 10.2 Å². The van der Waals surface area contributed by atoms with Gasteiger partial charge in [-0.1, -0.05) is 20.3 Å². The van der Waals surface area contributed by atoms with Crippen LogP contribution in [-0.2, 0) is 0 Å². The molecule has 2 rings (SSSR count). The van der Waals surface area contributed by atoms with E-state index in [2.05, 4.69) is 38.2 Å². The van der Waals surface area contributed by atoms with Gasteiger partial charge in [0.15, 0.2) is 0 Å². The third-order valence-electron chi connectivity index (χ3n) is 5.37. The summed E-state index contributed by atoms with van der Waals surface area (Å²) in [5.74, 6) is 3.61. The molecule has 2 saturated carbocycles. The highest BCUT2D eigenvalue weighted by atomic mass is 15.1. The van der Waals surface area contributed by atoms with Gasteiger partial charge in [0.2, 0.25) is 0 Å². The molecule has 0 amide bonds. The zero-order chi connectivity index (χ0) is 13.1. The van der Waals surface area contributed by atoms with E-state index < -0.39 is 0 Å². The lowest BCUT2D eigenvalue weighted by Crippen LogP contribution is -2.48. The minimum atomic E-state index is 0.729. The molecular weight excluding hydrogens is 220 g/mol. The summed E-state index contributed by atoms with van der Waals surface area (Å²) < 4.78 is 0. The van der Waals surface area contributed by atoms with Crippen LogP contribution in [0.2, 0.25) is 0 Å². The van der Waals surface area contributed by atoms with Gasteiger partial charge in [0, 0.05) is 19.1 Å². The van der Waals surface area contributed by atoms with Crippen molar-refractivity contribution in [3.8, 4) is 0 Å². The fraction of sp³-hybridized carbons (Fsp3) is 1.00. The van der Waals surface area contributed by atoms with Gasteiger partial charge in [0.25, 0.3) is 0 Å². The van der Waals surface area contributed by atoms with Crippen molar-refractivity contribution >= 4 is 0 Å². The molecule has 0 radical (unpaired) electrons. The average molecular weight is 252 g/mol. The summed E-state index contributed by atoms with van der Waals surface area (Å²) in [7, 11) is 4.48. The van der Waals surface area contributed by atoms with E-state index in [-0.39, 0.29) is 0 Å². The number of rotatable bonds is 5. The van der Waals surface area contributed by atoms with Crippen LogP contribution >= 0.6 is 0 Å². The molecule has 0 spiro atoms. The lowest BCUT2D eigenvalue weighted by molar-refractivity contribution is 0.0997. The first-order valence-corrected chi connectivity index (χ1v) is 7.96. The molecule has 0 bridgehead atoms. The van der Waals surface area contributed by atoms with Gasteiger partial charge in [-0.2, -0.15) is 0 Å². The molecule has 0 heterocycles. The van der Waals surface area contributed by atoms with Gasteiger partial charge in [0.05, 0.1) is 0 Å². The summed E-state index contributed by atoms with van der Waals surface area (Å²) in [5, 5.41) is 3.57. The number of nitrogens with zero attached hydrogens (tertiary/aromatic N) is 1. The molecular formula is C16H32N2. The Hall–Kier alpha value is -0.0800. The normalized spacial score (nSPS) is 37.8. The Morgan fingerprint density at radius 1 is 1.11 bits per heavy atom. The first-order chi connectivity index (χ1) is 8.60. The van der Waals surface area contributed by atoms with Gasteiger partial charge in [0.1, 0.15) is 0 Å². The average Bonchev–Trinajstić information content (AvgIpc) is 2.27. The molecule has 0 aromatic heterocycles. The largest absolute Gasteiger partial charge is 0.317 e. The standard InChI is InChI=1S/C16H32N2/c1-12-8-13(2)15(16(9-12)17-3)11-18(4)10-14-6-5-7-14/h12-17H,5-11H2,1-4H3. The topological polar surface area (TPSA) is 15.3 Å². The molecule has 4 atom stereocenters. The Labute approximate surface area is 114 Å². The molecule has 2 heteroatoms. The quantitative estimate of drug-likeness (QED) is 0.809. The first-order valence-electron chi connectivity index (χ1n) is 7.96. The highest BCUT2D eigenvalue weighted by molar-refractivity contribution is 4.88. The van der Waals surface area contributed by atoms with E-state index in [1.807, 2.05) is 0 Å². The molecule has 2 aliphatic carbocycles. The third-order valence-corrected chi connectivity index (χ3v) is 5.37. The zero-order valence-corrected chi connectivity index (χ0v) is 12.8. The second-order valence-corrected chi connectivity index (χ2v) is 7.13. The van der Waals surface area contributed by atoms with E-state index in [0.717, 1.165) is 29.7 Å². The summed E-state index contributed by atoms with van der Waals surface area (Å²) in [6.45, 7) is 7.49. The van der Waals surface area contributed by atoms with Crippen molar-refractivity contribution in [1.29, 1.82) is 0 Å². The van der Waals surface area contributed by atoms with E-state index in [4.69, 9.17) is 0 Å². The van der Waals surface area contributed by atoms with E-state index in [1.54, 1.807) is 0 Å². The van der Waals surface area contributed by atoms with Gasteiger partial charge >= 0.3 is 0 Å². The van der Waals surface area contributed by atoms with Crippen LogP contribution in [0, 0.1) is 23.7 Å². The van der Waals surface area contributed by atoms with Crippen molar-refractivity contribution in [3.05, 3.63) is 0 Å². The molecule has 1 N–H and O–H groups in total. The molecule has 106 valence electrons. The molecule has 18 heavy (non-hydrogen) atoms. The summed E-state index contributed by atoms with van der Waals surface area (Å²) in [5.41, 5.74) is 0. The molecule has 4 unspecified atom stereocenters. The van der Waals surface area contributed by atoms with Crippen LogP contribution in [0.15, 0.2) is 0 Å². The highest BCUT2D eigenvalue weighted by Crippen LogP contribution is 2.34. The maximum atomic E-state index is 3.57. The third kappa shape index (κ3) is 3.48. The second-order valence-electron chi connectivity index (χ2n) is 7.13. The summed E-state index contributed by atoms with van der Waals surface area (Å²) in [6, 6.07) is 0.729. The van der Waals surface area contributed by atoms with E-state index in [0.29, 0.717) is 0 Å². The van der Waals surface area contributed by atoms with Crippen molar-refractivity contribution < 1.29 is 0 Å². The van der Waals surface area contributed by atoms with Crippen molar-refractivity contribution in [2.75, 3.05) is 27.2 Å². The van der Waals surface area contributed by atoms with Crippen molar-refractivity contribution in [3.63, 3.8) is 0 Å². The van der Waals surface area contributed by atoms with Crippen LogP contribution in [0.5, 0.6) is 0 Å². The van der Waals surface area contributed by atoms with Gasteiger partial charge in [-0.15, -0.1) is 0 Å². The molecule has 2 aliphatic rings. The summed E-state index contributed by atoms with van der Waals surface area (Å²) in [6.07, 6.45) is 7.19. The Bertz CT molecular complexity index is 249. The Balaban J connectivity index is 1.84. The molecule has 0 aromatic carbocycles. The van der Waals surface area contributed by atoms with Crippen LogP contribution in [-0.4, -0.2) is 38.1 Å². The lowest BCUT2D eigenvalue weighted by Gasteiger charge is -2.42. The summed E-state index contributed by atoms with van der Waals surface area (Å²) in [4.78, 5) is 2.60. The van der Waals surface area contributed by atoms with Crippen LogP contribution in [0.4, 0.5) is 0 Å². The van der Waals surface area contributed by atoms with Gasteiger partial charge in [-0.25, -0.2) is 0 Å². The van der Waals surface area contributed by atoms with E-state index >= 15 is 0 Å². The van der Waals surface area contributed by atoms with Crippen molar-refractivity contribution in [2.24, 2.45) is 23.7 Å². The number of nitrogens with one attached hydrogen (secondary N) is 1.